The van der Waals surface area contributed by atoms with E-state index in [2.05, 4.69) is 5.32 Å². The van der Waals surface area contributed by atoms with Crippen molar-refractivity contribution in [2.45, 2.75) is 39.2 Å². The van der Waals surface area contributed by atoms with Gasteiger partial charge in [-0.3, -0.25) is 4.79 Å². The summed E-state index contributed by atoms with van der Waals surface area (Å²) >= 11 is 0. The number of rotatable bonds is 2. The van der Waals surface area contributed by atoms with Crippen molar-refractivity contribution in [2.24, 2.45) is 5.41 Å². The smallest absolute Gasteiger partial charge is 0.321 e. The standard InChI is InChI=1S/C17H22N2O4/c1-16(2)9-11-8-12(4-5-13(11)23-16)18-15(22)19-7-6-17(3,10-19)14(20)21/h4-5,8H,6-7,9-10H2,1-3H3,(H,18,22)(H,20,21). The highest BCUT2D eigenvalue weighted by molar-refractivity contribution is 5.90. The molecule has 3 rings (SSSR count). The fourth-order valence-corrected chi connectivity index (χ4v) is 3.20. The molecule has 6 heteroatoms. The van der Waals surface area contributed by atoms with Gasteiger partial charge < -0.3 is 20.1 Å². The van der Waals surface area contributed by atoms with Crippen molar-refractivity contribution >= 4 is 17.7 Å². The molecular formula is C17H22N2O4. The van der Waals surface area contributed by atoms with Gasteiger partial charge >= 0.3 is 12.0 Å². The SMILES string of the molecule is CC1(C)Cc2cc(NC(=O)N3CCC(C)(C(=O)O)C3)ccc2O1. The number of carboxylic acids is 1. The third-order valence-corrected chi connectivity index (χ3v) is 4.59. The van der Waals surface area contributed by atoms with Crippen LogP contribution in [-0.2, 0) is 11.2 Å². The van der Waals surface area contributed by atoms with Crippen LogP contribution in [0, 0.1) is 5.41 Å². The van der Waals surface area contributed by atoms with Crippen molar-refractivity contribution in [3.8, 4) is 5.75 Å². The number of ether oxygens (including phenoxy) is 1. The maximum absolute atomic E-state index is 12.3. The highest BCUT2D eigenvalue weighted by atomic mass is 16.5. The molecule has 1 unspecified atom stereocenters. The van der Waals surface area contributed by atoms with Crippen LogP contribution in [0.3, 0.4) is 0 Å². The van der Waals surface area contributed by atoms with Gasteiger partial charge in [-0.15, -0.1) is 0 Å². The van der Waals surface area contributed by atoms with Crippen molar-refractivity contribution < 1.29 is 19.4 Å². The van der Waals surface area contributed by atoms with E-state index < -0.39 is 11.4 Å². The first-order valence-corrected chi connectivity index (χ1v) is 7.80. The summed E-state index contributed by atoms with van der Waals surface area (Å²) in [5.74, 6) is -0.00247. The molecule has 1 aromatic rings. The molecule has 1 fully saturated rings. The normalized spacial score (nSPS) is 24.9. The zero-order valence-corrected chi connectivity index (χ0v) is 13.7. The van der Waals surface area contributed by atoms with Gasteiger partial charge in [0.25, 0.3) is 0 Å². The molecule has 2 aliphatic rings. The summed E-state index contributed by atoms with van der Waals surface area (Å²) in [7, 11) is 0. The fraction of sp³-hybridized carbons (Fsp3) is 0.529. The average Bonchev–Trinajstić information content (AvgIpc) is 2.98. The lowest BCUT2D eigenvalue weighted by atomic mass is 9.90. The van der Waals surface area contributed by atoms with Crippen LogP contribution in [0.15, 0.2) is 18.2 Å². The van der Waals surface area contributed by atoms with E-state index in [1.54, 1.807) is 11.8 Å². The Morgan fingerprint density at radius 3 is 2.70 bits per heavy atom. The second-order valence-corrected chi connectivity index (χ2v) is 7.33. The Balaban J connectivity index is 1.67. The maximum atomic E-state index is 12.3. The average molecular weight is 318 g/mol. The topological polar surface area (TPSA) is 78.9 Å². The van der Waals surface area contributed by atoms with Gasteiger partial charge in [0.15, 0.2) is 0 Å². The number of benzene rings is 1. The summed E-state index contributed by atoms with van der Waals surface area (Å²) in [5, 5.41) is 12.1. The number of nitrogens with one attached hydrogen (secondary N) is 1. The van der Waals surface area contributed by atoms with E-state index in [1.807, 2.05) is 32.0 Å². The van der Waals surface area contributed by atoms with E-state index in [0.717, 1.165) is 17.7 Å². The van der Waals surface area contributed by atoms with Crippen LogP contribution in [0.5, 0.6) is 5.75 Å². The molecule has 6 nitrogen and oxygen atoms in total. The van der Waals surface area contributed by atoms with Crippen molar-refractivity contribution in [1.29, 1.82) is 0 Å². The van der Waals surface area contributed by atoms with Crippen molar-refractivity contribution in [3.05, 3.63) is 23.8 Å². The minimum Gasteiger partial charge on any atom is -0.487 e. The third kappa shape index (κ3) is 2.98. The second kappa shape index (κ2) is 5.15. The van der Waals surface area contributed by atoms with E-state index >= 15 is 0 Å². The summed E-state index contributed by atoms with van der Waals surface area (Å²) in [4.78, 5) is 25.2. The number of hydrogen-bond acceptors (Lipinski definition) is 3. The van der Waals surface area contributed by atoms with Gasteiger partial charge in [-0.05, 0) is 45.4 Å². The molecule has 1 atom stereocenters. The summed E-state index contributed by atoms with van der Waals surface area (Å²) in [6, 6.07) is 5.34. The Morgan fingerprint density at radius 2 is 2.04 bits per heavy atom. The van der Waals surface area contributed by atoms with Gasteiger partial charge in [0.1, 0.15) is 11.4 Å². The van der Waals surface area contributed by atoms with Crippen molar-refractivity contribution in [1.82, 2.24) is 4.90 Å². The predicted octanol–water partition coefficient (Wildman–Crippen LogP) is 2.73. The zero-order valence-electron chi connectivity index (χ0n) is 13.7. The van der Waals surface area contributed by atoms with Gasteiger partial charge in [0.05, 0.1) is 5.41 Å². The number of carbonyl (C=O) groups excluding carboxylic acids is 1. The van der Waals surface area contributed by atoms with Crippen LogP contribution in [0.2, 0.25) is 0 Å². The molecule has 2 amide bonds. The van der Waals surface area contributed by atoms with E-state index in [1.165, 1.54) is 0 Å². The van der Waals surface area contributed by atoms with Crippen LogP contribution in [0.1, 0.15) is 32.8 Å². The van der Waals surface area contributed by atoms with Gasteiger partial charge in [0.2, 0.25) is 0 Å². The predicted molar refractivity (Wildman–Crippen MR) is 85.8 cm³/mol. The molecule has 2 heterocycles. The molecule has 2 aliphatic heterocycles. The van der Waals surface area contributed by atoms with E-state index in [4.69, 9.17) is 4.74 Å². The summed E-state index contributed by atoms with van der Waals surface area (Å²) < 4.78 is 5.82. The number of nitrogens with zero attached hydrogens (tertiary/aromatic N) is 1. The number of hydrogen-bond donors (Lipinski definition) is 2. The van der Waals surface area contributed by atoms with Crippen LogP contribution in [0.25, 0.3) is 0 Å². The van der Waals surface area contributed by atoms with E-state index in [0.29, 0.717) is 18.7 Å². The Labute approximate surface area is 135 Å². The molecule has 0 bridgehead atoms. The van der Waals surface area contributed by atoms with Crippen LogP contribution >= 0.6 is 0 Å². The molecule has 0 saturated carbocycles. The molecule has 0 aromatic heterocycles. The molecule has 0 aliphatic carbocycles. The molecular weight excluding hydrogens is 296 g/mol. The molecule has 0 radical (unpaired) electrons. The number of amides is 2. The fourth-order valence-electron chi connectivity index (χ4n) is 3.20. The highest BCUT2D eigenvalue weighted by Crippen LogP contribution is 2.36. The van der Waals surface area contributed by atoms with Gasteiger partial charge in [-0.2, -0.15) is 0 Å². The number of anilines is 1. The monoisotopic (exact) mass is 318 g/mol. The largest absolute Gasteiger partial charge is 0.487 e. The number of aliphatic carboxylic acids is 1. The maximum Gasteiger partial charge on any atom is 0.321 e. The number of carbonyl (C=O) groups is 2. The number of fused-ring (bicyclic) bond motifs is 1. The second-order valence-electron chi connectivity index (χ2n) is 7.33. The lowest BCUT2D eigenvalue weighted by molar-refractivity contribution is -0.146. The lowest BCUT2D eigenvalue weighted by Gasteiger charge is -2.20. The number of urea groups is 1. The third-order valence-electron chi connectivity index (χ3n) is 4.59. The molecule has 0 spiro atoms. The van der Waals surface area contributed by atoms with Crippen LogP contribution < -0.4 is 10.1 Å². The lowest BCUT2D eigenvalue weighted by Crippen LogP contribution is -2.37. The highest BCUT2D eigenvalue weighted by Gasteiger charge is 2.42. The molecule has 23 heavy (non-hydrogen) atoms. The Kier molecular flexibility index (Phi) is 3.50. The first-order valence-electron chi connectivity index (χ1n) is 7.80. The first-order chi connectivity index (χ1) is 10.7. The summed E-state index contributed by atoms with van der Waals surface area (Å²) in [6.45, 7) is 6.42. The summed E-state index contributed by atoms with van der Waals surface area (Å²) in [5.41, 5.74) is 0.708. The summed E-state index contributed by atoms with van der Waals surface area (Å²) in [6.07, 6.45) is 1.27. The molecule has 1 aromatic carbocycles. The minimum absolute atomic E-state index is 0.219. The van der Waals surface area contributed by atoms with E-state index in [9.17, 15) is 14.7 Å². The van der Waals surface area contributed by atoms with Crippen LogP contribution in [0.4, 0.5) is 10.5 Å². The minimum atomic E-state index is -0.857. The number of carboxylic acid groups (broad SMARTS) is 1. The first kappa shape index (κ1) is 15.6. The molecule has 1 saturated heterocycles. The number of likely N-dealkylation sites (tertiary alicyclic amines) is 1. The van der Waals surface area contributed by atoms with Gasteiger partial charge in [0, 0.05) is 30.8 Å². The van der Waals surface area contributed by atoms with Crippen molar-refractivity contribution in [2.75, 3.05) is 18.4 Å². The van der Waals surface area contributed by atoms with Crippen LogP contribution in [-0.4, -0.2) is 40.7 Å². The quantitative estimate of drug-likeness (QED) is 0.879. The Bertz CT molecular complexity index is 671. The van der Waals surface area contributed by atoms with Gasteiger partial charge in [-0.25, -0.2) is 4.79 Å². The zero-order chi connectivity index (χ0) is 16.8. The van der Waals surface area contributed by atoms with Crippen molar-refractivity contribution in [3.63, 3.8) is 0 Å². The molecule has 124 valence electrons. The molecule has 2 N–H and O–H groups in total. The van der Waals surface area contributed by atoms with E-state index in [-0.39, 0.29) is 18.2 Å². The van der Waals surface area contributed by atoms with Gasteiger partial charge in [-0.1, -0.05) is 0 Å². The Morgan fingerprint density at radius 1 is 1.30 bits per heavy atom. The Hall–Kier alpha value is -2.24.